The first-order valence-corrected chi connectivity index (χ1v) is 5.60. The number of amides is 2. The van der Waals surface area contributed by atoms with Crippen molar-refractivity contribution in [1.82, 2.24) is 20.8 Å². The van der Waals surface area contributed by atoms with Gasteiger partial charge in [-0.3, -0.25) is 0 Å². The summed E-state index contributed by atoms with van der Waals surface area (Å²) in [5.41, 5.74) is -1.12. The van der Waals surface area contributed by atoms with Gasteiger partial charge in [-0.2, -0.15) is 4.98 Å². The van der Waals surface area contributed by atoms with E-state index in [9.17, 15) is 9.59 Å². The number of nitrogens with zero attached hydrogens (tertiary/aromatic N) is 2. The van der Waals surface area contributed by atoms with Gasteiger partial charge in [-0.05, 0) is 26.2 Å². The molecule has 18 heavy (non-hydrogen) atoms. The molecule has 0 saturated heterocycles. The maximum atomic E-state index is 11.6. The summed E-state index contributed by atoms with van der Waals surface area (Å²) < 4.78 is 4.81. The molecule has 0 unspecified atom stereocenters. The summed E-state index contributed by atoms with van der Waals surface area (Å²) in [7, 11) is 0. The number of hydrogen-bond acceptors (Lipinski definition) is 5. The monoisotopic (exact) mass is 254 g/mol. The first kappa shape index (κ1) is 12.3. The van der Waals surface area contributed by atoms with Crippen LogP contribution >= 0.6 is 0 Å². The molecule has 0 spiro atoms. The summed E-state index contributed by atoms with van der Waals surface area (Å²) in [5, 5.41) is 17.6. The molecule has 1 aromatic rings. The minimum Gasteiger partial charge on any atom is -0.480 e. The fourth-order valence-electron chi connectivity index (χ4n) is 1.75. The van der Waals surface area contributed by atoms with Crippen LogP contribution in [-0.4, -0.2) is 32.8 Å². The van der Waals surface area contributed by atoms with E-state index < -0.39 is 17.5 Å². The molecule has 0 aromatic carbocycles. The molecule has 0 bridgehead atoms. The van der Waals surface area contributed by atoms with E-state index >= 15 is 0 Å². The molecule has 0 atom stereocenters. The lowest BCUT2D eigenvalue weighted by Crippen LogP contribution is -2.61. The van der Waals surface area contributed by atoms with Crippen molar-refractivity contribution >= 4 is 12.0 Å². The fourth-order valence-corrected chi connectivity index (χ4v) is 1.75. The summed E-state index contributed by atoms with van der Waals surface area (Å²) in [6, 6.07) is -0.548. The molecule has 1 fully saturated rings. The average Bonchev–Trinajstić information content (AvgIpc) is 2.66. The zero-order valence-electron chi connectivity index (χ0n) is 9.89. The van der Waals surface area contributed by atoms with Crippen LogP contribution in [0.25, 0.3) is 0 Å². The Morgan fingerprint density at radius 2 is 2.22 bits per heavy atom. The Bertz CT molecular complexity index is 466. The normalized spacial score (nSPS) is 16.7. The quantitative estimate of drug-likeness (QED) is 0.705. The maximum Gasteiger partial charge on any atom is 0.329 e. The Morgan fingerprint density at radius 3 is 2.67 bits per heavy atom. The van der Waals surface area contributed by atoms with Crippen molar-refractivity contribution in [2.45, 2.75) is 38.3 Å². The summed E-state index contributed by atoms with van der Waals surface area (Å²) in [6.45, 7) is 1.74. The Kier molecular flexibility index (Phi) is 3.17. The van der Waals surface area contributed by atoms with E-state index in [4.69, 9.17) is 9.63 Å². The van der Waals surface area contributed by atoms with E-state index in [0.29, 0.717) is 18.7 Å². The van der Waals surface area contributed by atoms with Crippen LogP contribution in [0.2, 0.25) is 0 Å². The molecule has 1 heterocycles. The van der Waals surface area contributed by atoms with E-state index in [1.165, 1.54) is 0 Å². The molecule has 1 aromatic heterocycles. The van der Waals surface area contributed by atoms with Gasteiger partial charge in [-0.1, -0.05) is 5.16 Å². The van der Waals surface area contributed by atoms with E-state index in [-0.39, 0.29) is 12.4 Å². The topological polar surface area (TPSA) is 117 Å². The molecule has 2 amide bonds. The molecule has 3 N–H and O–H groups in total. The number of rotatable bonds is 4. The number of carboxylic acid groups (broad SMARTS) is 1. The first-order chi connectivity index (χ1) is 8.52. The molecule has 0 radical (unpaired) electrons. The standard InChI is InChI=1S/C10H14N4O4/c1-6-12-7(18-14-6)5-11-9(17)13-10(8(15)16)3-2-4-10/h2-5H2,1H3,(H,15,16)(H2,11,13,17). The van der Waals surface area contributed by atoms with Crippen LogP contribution in [0.5, 0.6) is 0 Å². The van der Waals surface area contributed by atoms with Crippen molar-refractivity contribution in [2.75, 3.05) is 0 Å². The van der Waals surface area contributed by atoms with Crippen LogP contribution in [0.4, 0.5) is 4.79 Å². The number of carboxylic acids is 1. The zero-order valence-corrected chi connectivity index (χ0v) is 9.89. The van der Waals surface area contributed by atoms with Crippen LogP contribution in [-0.2, 0) is 11.3 Å². The Morgan fingerprint density at radius 1 is 1.50 bits per heavy atom. The number of nitrogens with one attached hydrogen (secondary N) is 2. The van der Waals surface area contributed by atoms with Gasteiger partial charge in [0.1, 0.15) is 5.54 Å². The maximum absolute atomic E-state index is 11.6. The van der Waals surface area contributed by atoms with Crippen LogP contribution in [0.3, 0.4) is 0 Å². The smallest absolute Gasteiger partial charge is 0.329 e. The third-order valence-electron chi connectivity index (χ3n) is 2.94. The second kappa shape index (κ2) is 4.63. The fraction of sp³-hybridized carbons (Fsp3) is 0.600. The number of hydrogen-bond donors (Lipinski definition) is 3. The molecule has 1 aliphatic carbocycles. The SMILES string of the molecule is Cc1noc(CNC(=O)NC2(C(=O)O)CCC2)n1. The van der Waals surface area contributed by atoms with E-state index in [0.717, 1.165) is 6.42 Å². The molecule has 8 heteroatoms. The molecule has 1 aliphatic rings. The highest BCUT2D eigenvalue weighted by Crippen LogP contribution is 2.31. The minimum absolute atomic E-state index is 0.0718. The van der Waals surface area contributed by atoms with Gasteiger partial charge in [-0.15, -0.1) is 0 Å². The van der Waals surface area contributed by atoms with Gasteiger partial charge in [0.05, 0.1) is 6.54 Å². The second-order valence-corrected chi connectivity index (χ2v) is 4.28. The molecular weight excluding hydrogens is 240 g/mol. The van der Waals surface area contributed by atoms with Crippen molar-refractivity contribution in [3.05, 3.63) is 11.7 Å². The Hall–Kier alpha value is -2.12. The van der Waals surface area contributed by atoms with Crippen molar-refractivity contribution in [2.24, 2.45) is 0 Å². The highest BCUT2D eigenvalue weighted by atomic mass is 16.5. The molecule has 2 rings (SSSR count). The number of aryl methyl sites for hydroxylation is 1. The van der Waals surface area contributed by atoms with Gasteiger partial charge < -0.3 is 20.3 Å². The minimum atomic E-state index is -1.12. The number of carbonyl (C=O) groups excluding carboxylic acids is 1. The molecule has 8 nitrogen and oxygen atoms in total. The molecule has 98 valence electrons. The lowest BCUT2D eigenvalue weighted by atomic mass is 9.77. The highest BCUT2D eigenvalue weighted by Gasteiger charge is 2.45. The van der Waals surface area contributed by atoms with Gasteiger partial charge >= 0.3 is 12.0 Å². The Balaban J connectivity index is 1.83. The number of urea groups is 1. The van der Waals surface area contributed by atoms with Crippen LogP contribution in [0, 0.1) is 6.92 Å². The van der Waals surface area contributed by atoms with E-state index in [1.807, 2.05) is 0 Å². The summed E-state index contributed by atoms with van der Waals surface area (Å²) >= 11 is 0. The van der Waals surface area contributed by atoms with Crippen LogP contribution in [0.1, 0.15) is 31.0 Å². The average molecular weight is 254 g/mol. The van der Waals surface area contributed by atoms with Gasteiger partial charge in [-0.25, -0.2) is 9.59 Å². The van der Waals surface area contributed by atoms with Crippen molar-refractivity contribution < 1.29 is 19.2 Å². The summed E-state index contributed by atoms with van der Waals surface area (Å²) in [5.74, 6) is -0.244. The van der Waals surface area contributed by atoms with Gasteiger partial charge in [0.15, 0.2) is 5.82 Å². The first-order valence-electron chi connectivity index (χ1n) is 5.60. The van der Waals surface area contributed by atoms with Crippen LogP contribution < -0.4 is 10.6 Å². The van der Waals surface area contributed by atoms with Crippen molar-refractivity contribution in [3.63, 3.8) is 0 Å². The van der Waals surface area contributed by atoms with E-state index in [1.54, 1.807) is 6.92 Å². The molecule has 1 saturated carbocycles. The molecule has 0 aliphatic heterocycles. The second-order valence-electron chi connectivity index (χ2n) is 4.28. The largest absolute Gasteiger partial charge is 0.480 e. The van der Waals surface area contributed by atoms with Crippen LogP contribution in [0.15, 0.2) is 4.52 Å². The van der Waals surface area contributed by atoms with E-state index in [2.05, 4.69) is 20.8 Å². The van der Waals surface area contributed by atoms with Crippen molar-refractivity contribution in [3.8, 4) is 0 Å². The number of aliphatic carboxylic acids is 1. The zero-order chi connectivity index (χ0) is 13.2. The predicted molar refractivity (Wildman–Crippen MR) is 58.6 cm³/mol. The number of carbonyl (C=O) groups is 2. The van der Waals surface area contributed by atoms with Crippen molar-refractivity contribution in [1.29, 1.82) is 0 Å². The summed E-state index contributed by atoms with van der Waals surface area (Å²) in [6.07, 6.45) is 1.71. The van der Waals surface area contributed by atoms with Gasteiger partial charge in [0.2, 0.25) is 5.89 Å². The third-order valence-corrected chi connectivity index (χ3v) is 2.94. The third kappa shape index (κ3) is 2.41. The highest BCUT2D eigenvalue weighted by molar-refractivity contribution is 5.87. The lowest BCUT2D eigenvalue weighted by molar-refractivity contribution is -0.148. The Labute approximate surface area is 103 Å². The number of aromatic nitrogens is 2. The summed E-state index contributed by atoms with van der Waals surface area (Å²) in [4.78, 5) is 26.5. The lowest BCUT2D eigenvalue weighted by Gasteiger charge is -2.37. The van der Waals surface area contributed by atoms with Gasteiger partial charge in [0.25, 0.3) is 0 Å². The van der Waals surface area contributed by atoms with Gasteiger partial charge in [0, 0.05) is 0 Å². The predicted octanol–water partition coefficient (Wildman–Crippen LogP) is 0.185. The molecular formula is C10H14N4O4.